The smallest absolute Gasteiger partial charge is 0.329 e. The lowest BCUT2D eigenvalue weighted by Crippen LogP contribution is -2.25. The highest BCUT2D eigenvalue weighted by Crippen LogP contribution is 2.43. The molecule has 2 atom stereocenters. The van der Waals surface area contributed by atoms with Crippen LogP contribution in [0.15, 0.2) is 36.4 Å². The Labute approximate surface area is 162 Å². The van der Waals surface area contributed by atoms with Crippen molar-refractivity contribution in [3.8, 4) is 11.5 Å². The molecule has 0 spiro atoms. The number of rotatable bonds is 5. The Morgan fingerprint density at radius 3 is 2.42 bits per heavy atom. The Bertz CT molecular complexity index is 822. The van der Waals surface area contributed by atoms with Crippen LogP contribution in [0.3, 0.4) is 0 Å². The number of methoxy groups -OCH3 is 2. The highest BCUT2D eigenvalue weighted by atomic mass is 35.5. The fraction of sp³-hybridized carbons (Fsp3) is 0.316. The second kappa shape index (κ2) is 7.25. The van der Waals surface area contributed by atoms with Crippen LogP contribution in [0.4, 0.5) is 5.69 Å². The number of benzene rings is 2. The lowest BCUT2D eigenvalue weighted by molar-refractivity contribution is -0.148. The van der Waals surface area contributed by atoms with E-state index in [9.17, 15) is 4.79 Å². The average Bonchev–Trinajstić information content (AvgIpc) is 2.88. The van der Waals surface area contributed by atoms with E-state index < -0.39 is 11.6 Å². The predicted molar refractivity (Wildman–Crippen MR) is 101 cm³/mol. The molecule has 2 unspecified atom stereocenters. The van der Waals surface area contributed by atoms with E-state index in [-0.39, 0.29) is 5.97 Å². The standard InChI is InChI=1S/C19H19Cl2NO4/c1-19(15-9-14(24-2)4-5-17(15)25-3)10-16(18(23)26-19)22-13-7-11(20)6-12(21)8-13/h4-9,16,22H,10H2,1-3H3. The average molecular weight is 396 g/mol. The highest BCUT2D eigenvalue weighted by molar-refractivity contribution is 6.35. The van der Waals surface area contributed by atoms with Crippen molar-refractivity contribution < 1.29 is 19.0 Å². The van der Waals surface area contributed by atoms with E-state index in [0.717, 1.165) is 5.56 Å². The van der Waals surface area contributed by atoms with Gasteiger partial charge in [0.25, 0.3) is 0 Å². The van der Waals surface area contributed by atoms with Crippen LogP contribution in [0.5, 0.6) is 11.5 Å². The number of anilines is 1. The van der Waals surface area contributed by atoms with Gasteiger partial charge < -0.3 is 19.5 Å². The number of cyclic esters (lactones) is 1. The Balaban J connectivity index is 1.88. The zero-order valence-corrected chi connectivity index (χ0v) is 16.1. The zero-order valence-electron chi connectivity index (χ0n) is 14.6. The van der Waals surface area contributed by atoms with Crippen molar-refractivity contribution in [2.45, 2.75) is 25.0 Å². The van der Waals surface area contributed by atoms with Gasteiger partial charge in [0.15, 0.2) is 0 Å². The maximum absolute atomic E-state index is 12.5. The number of hydrogen-bond donors (Lipinski definition) is 1. The van der Waals surface area contributed by atoms with E-state index >= 15 is 0 Å². The number of esters is 1. The molecule has 0 aromatic heterocycles. The molecule has 1 aliphatic rings. The summed E-state index contributed by atoms with van der Waals surface area (Å²) in [5, 5.41) is 4.13. The minimum Gasteiger partial charge on any atom is -0.497 e. The molecule has 3 rings (SSSR count). The van der Waals surface area contributed by atoms with Crippen LogP contribution in [0.1, 0.15) is 18.9 Å². The van der Waals surface area contributed by atoms with E-state index in [1.807, 2.05) is 13.0 Å². The van der Waals surface area contributed by atoms with Gasteiger partial charge in [-0.05, 0) is 43.3 Å². The van der Waals surface area contributed by atoms with Crippen molar-refractivity contribution in [1.82, 2.24) is 0 Å². The van der Waals surface area contributed by atoms with E-state index in [2.05, 4.69) is 5.32 Å². The van der Waals surface area contributed by atoms with Gasteiger partial charge in [-0.15, -0.1) is 0 Å². The SMILES string of the molecule is COc1ccc(OC)c(C2(C)CC(Nc3cc(Cl)cc(Cl)c3)C(=O)O2)c1. The third-order valence-electron chi connectivity index (χ3n) is 4.38. The third-order valence-corrected chi connectivity index (χ3v) is 4.82. The largest absolute Gasteiger partial charge is 0.497 e. The third kappa shape index (κ3) is 3.69. The molecular weight excluding hydrogens is 377 g/mol. The molecule has 1 aliphatic heterocycles. The van der Waals surface area contributed by atoms with Crippen LogP contribution < -0.4 is 14.8 Å². The lowest BCUT2D eigenvalue weighted by Gasteiger charge is -2.25. The molecule has 138 valence electrons. The molecule has 1 N–H and O–H groups in total. The second-order valence-corrected chi connectivity index (χ2v) is 7.15. The Hall–Kier alpha value is -2.11. The van der Waals surface area contributed by atoms with Crippen LogP contribution >= 0.6 is 23.2 Å². The summed E-state index contributed by atoms with van der Waals surface area (Å²) in [6.07, 6.45) is 0.416. The van der Waals surface area contributed by atoms with Gasteiger partial charge in [0, 0.05) is 27.7 Å². The van der Waals surface area contributed by atoms with E-state index in [1.54, 1.807) is 44.6 Å². The molecular formula is C19H19Cl2NO4. The summed E-state index contributed by atoms with van der Waals surface area (Å²) in [4.78, 5) is 12.5. The normalized spacial score (nSPS) is 22.0. The molecule has 1 fully saturated rings. The number of halogens is 2. The monoisotopic (exact) mass is 395 g/mol. The minimum absolute atomic E-state index is 0.353. The van der Waals surface area contributed by atoms with E-state index in [4.69, 9.17) is 37.4 Å². The minimum atomic E-state index is -0.850. The fourth-order valence-corrected chi connectivity index (χ4v) is 3.67. The molecule has 26 heavy (non-hydrogen) atoms. The summed E-state index contributed by atoms with van der Waals surface area (Å²) in [7, 11) is 3.16. The number of nitrogens with one attached hydrogen (secondary N) is 1. The number of hydrogen-bond acceptors (Lipinski definition) is 5. The first-order valence-corrected chi connectivity index (χ1v) is 8.78. The summed E-state index contributed by atoms with van der Waals surface area (Å²) in [6, 6.07) is 9.93. The lowest BCUT2D eigenvalue weighted by atomic mass is 9.90. The van der Waals surface area contributed by atoms with Gasteiger partial charge in [-0.25, -0.2) is 4.79 Å². The molecule has 0 saturated carbocycles. The second-order valence-electron chi connectivity index (χ2n) is 6.28. The Morgan fingerprint density at radius 2 is 1.81 bits per heavy atom. The van der Waals surface area contributed by atoms with Gasteiger partial charge in [0.2, 0.25) is 0 Å². The van der Waals surface area contributed by atoms with Gasteiger partial charge in [-0.2, -0.15) is 0 Å². The van der Waals surface area contributed by atoms with Crippen LogP contribution in [-0.2, 0) is 15.1 Å². The molecule has 0 aliphatic carbocycles. The van der Waals surface area contributed by atoms with Crippen molar-refractivity contribution in [3.63, 3.8) is 0 Å². The molecule has 0 bridgehead atoms. The highest BCUT2D eigenvalue weighted by Gasteiger charge is 2.46. The summed E-state index contributed by atoms with van der Waals surface area (Å²) in [6.45, 7) is 1.86. The molecule has 2 aromatic carbocycles. The van der Waals surface area contributed by atoms with Gasteiger partial charge in [0.1, 0.15) is 23.1 Å². The number of carbonyl (C=O) groups is 1. The van der Waals surface area contributed by atoms with Gasteiger partial charge in [0.05, 0.1) is 14.2 Å². The van der Waals surface area contributed by atoms with Crippen LogP contribution in [0.2, 0.25) is 10.0 Å². The molecule has 1 heterocycles. The van der Waals surface area contributed by atoms with Gasteiger partial charge in [-0.1, -0.05) is 23.2 Å². The summed E-state index contributed by atoms with van der Waals surface area (Å²) in [5.41, 5.74) is 0.559. The predicted octanol–water partition coefficient (Wildman–Crippen LogP) is 4.65. The quantitative estimate of drug-likeness (QED) is 0.746. The topological polar surface area (TPSA) is 56.8 Å². The van der Waals surface area contributed by atoms with Crippen LogP contribution in [0.25, 0.3) is 0 Å². The Morgan fingerprint density at radius 1 is 1.12 bits per heavy atom. The molecule has 7 heteroatoms. The van der Waals surface area contributed by atoms with Crippen molar-refractivity contribution in [3.05, 3.63) is 52.0 Å². The number of ether oxygens (including phenoxy) is 3. The first kappa shape index (κ1) is 18.7. The first-order chi connectivity index (χ1) is 12.3. The van der Waals surface area contributed by atoms with Crippen molar-refractivity contribution in [2.75, 3.05) is 19.5 Å². The summed E-state index contributed by atoms with van der Waals surface area (Å²) < 4.78 is 16.5. The molecule has 2 aromatic rings. The molecule has 0 amide bonds. The fourth-order valence-electron chi connectivity index (χ4n) is 3.15. The summed E-state index contributed by atoms with van der Waals surface area (Å²) in [5.74, 6) is 0.942. The van der Waals surface area contributed by atoms with Crippen molar-refractivity contribution >= 4 is 34.9 Å². The van der Waals surface area contributed by atoms with Crippen LogP contribution in [0, 0.1) is 0 Å². The first-order valence-electron chi connectivity index (χ1n) is 8.02. The maximum Gasteiger partial charge on any atom is 0.329 e. The number of carbonyl (C=O) groups excluding carboxylic acids is 1. The van der Waals surface area contributed by atoms with Gasteiger partial charge in [-0.3, -0.25) is 0 Å². The van der Waals surface area contributed by atoms with Gasteiger partial charge >= 0.3 is 5.97 Å². The summed E-state index contributed by atoms with van der Waals surface area (Å²) >= 11 is 12.1. The van der Waals surface area contributed by atoms with E-state index in [1.165, 1.54) is 0 Å². The van der Waals surface area contributed by atoms with E-state index in [0.29, 0.717) is 33.7 Å². The molecule has 0 radical (unpaired) electrons. The maximum atomic E-state index is 12.5. The van der Waals surface area contributed by atoms with Crippen molar-refractivity contribution in [2.24, 2.45) is 0 Å². The molecule has 5 nitrogen and oxygen atoms in total. The zero-order chi connectivity index (χ0) is 18.9. The molecule has 1 saturated heterocycles. The van der Waals surface area contributed by atoms with Crippen LogP contribution in [-0.4, -0.2) is 26.2 Å². The van der Waals surface area contributed by atoms with Crippen molar-refractivity contribution in [1.29, 1.82) is 0 Å². The Kier molecular flexibility index (Phi) is 5.21.